The van der Waals surface area contributed by atoms with Gasteiger partial charge >= 0.3 is 0 Å². The number of carbonyl (C=O) groups excluding carboxylic acids is 1. The van der Waals surface area contributed by atoms with Gasteiger partial charge in [0, 0.05) is 38.1 Å². The highest BCUT2D eigenvalue weighted by Gasteiger charge is 2.36. The van der Waals surface area contributed by atoms with Crippen molar-refractivity contribution in [2.45, 2.75) is 25.1 Å². The predicted molar refractivity (Wildman–Crippen MR) is 121 cm³/mol. The Hall–Kier alpha value is -3.48. The Bertz CT molecular complexity index is 1310. The van der Waals surface area contributed by atoms with Gasteiger partial charge in [0.15, 0.2) is 5.13 Å². The molecule has 5 rings (SSSR count). The van der Waals surface area contributed by atoms with Crippen molar-refractivity contribution in [2.75, 3.05) is 18.4 Å². The third-order valence-corrected chi connectivity index (χ3v) is 6.55. The van der Waals surface area contributed by atoms with E-state index in [9.17, 15) is 14.3 Å². The first-order valence-electron chi connectivity index (χ1n) is 10.4. The van der Waals surface area contributed by atoms with Gasteiger partial charge in [0.1, 0.15) is 28.9 Å². The zero-order valence-corrected chi connectivity index (χ0v) is 18.2. The number of nitrogens with one attached hydrogen (secondary N) is 1. The average Bonchev–Trinajstić information content (AvgIpc) is 3.51. The van der Waals surface area contributed by atoms with E-state index in [0.717, 1.165) is 11.0 Å². The minimum Gasteiger partial charge on any atom is -0.391 e. The molecule has 4 N–H and O–H groups in total. The number of rotatable bonds is 7. The summed E-state index contributed by atoms with van der Waals surface area (Å²) in [4.78, 5) is 31.3. The van der Waals surface area contributed by atoms with Crippen LogP contribution in [0.15, 0.2) is 43.1 Å². The standard InChI is InChI=1S/C21H21FN8O2S/c22-12-2-1-4-24-18(12)16-10-26-21(33-16)28-17-8-14-13(9-25-17)27-11-30(14)7-6-29-5-3-15(31)19(29)20(23)32/h1-2,4,8-11,15,19,31H,3,5-7H2,(H2,23,32)(H,25,26,28). The molecule has 1 aliphatic rings. The largest absolute Gasteiger partial charge is 0.391 e. The van der Waals surface area contributed by atoms with Crippen LogP contribution in [0.3, 0.4) is 0 Å². The normalized spacial score (nSPS) is 18.7. The average molecular weight is 469 g/mol. The molecule has 0 radical (unpaired) electrons. The Morgan fingerprint density at radius 2 is 2.15 bits per heavy atom. The Labute approximate surface area is 191 Å². The summed E-state index contributed by atoms with van der Waals surface area (Å²) < 4.78 is 16.0. The molecule has 12 heteroatoms. The van der Waals surface area contributed by atoms with Gasteiger partial charge in [0.2, 0.25) is 5.91 Å². The number of pyridine rings is 2. The zero-order chi connectivity index (χ0) is 22.9. The molecule has 1 amide bonds. The van der Waals surface area contributed by atoms with Crippen molar-refractivity contribution in [3.8, 4) is 10.6 Å². The van der Waals surface area contributed by atoms with E-state index in [-0.39, 0.29) is 5.69 Å². The van der Waals surface area contributed by atoms with E-state index in [1.165, 1.54) is 23.6 Å². The highest BCUT2D eigenvalue weighted by molar-refractivity contribution is 7.18. The number of nitrogens with zero attached hydrogens (tertiary/aromatic N) is 6. The van der Waals surface area contributed by atoms with Crippen LogP contribution in [0, 0.1) is 5.82 Å². The van der Waals surface area contributed by atoms with Gasteiger partial charge in [-0.15, -0.1) is 0 Å². The Morgan fingerprint density at radius 1 is 1.27 bits per heavy atom. The number of fused-ring (bicyclic) bond motifs is 1. The summed E-state index contributed by atoms with van der Waals surface area (Å²) in [5, 5.41) is 13.7. The van der Waals surface area contributed by atoms with Crippen LogP contribution in [-0.4, -0.2) is 65.7 Å². The molecule has 0 bridgehead atoms. The van der Waals surface area contributed by atoms with E-state index >= 15 is 0 Å². The van der Waals surface area contributed by atoms with Gasteiger partial charge in [0.25, 0.3) is 0 Å². The number of nitrogens with two attached hydrogens (primary N) is 1. The first-order valence-corrected chi connectivity index (χ1v) is 11.2. The zero-order valence-electron chi connectivity index (χ0n) is 17.4. The van der Waals surface area contributed by atoms with Crippen molar-refractivity contribution in [3.63, 3.8) is 0 Å². The molecule has 5 heterocycles. The minimum absolute atomic E-state index is 0.255. The number of hydrogen-bond acceptors (Lipinski definition) is 9. The number of aromatic nitrogens is 5. The molecule has 1 aliphatic heterocycles. The van der Waals surface area contributed by atoms with E-state index in [4.69, 9.17) is 5.73 Å². The van der Waals surface area contributed by atoms with Gasteiger partial charge < -0.3 is 20.7 Å². The predicted octanol–water partition coefficient (Wildman–Crippen LogP) is 1.75. The fraction of sp³-hybridized carbons (Fsp3) is 0.286. The Morgan fingerprint density at radius 3 is 2.97 bits per heavy atom. The van der Waals surface area contributed by atoms with Gasteiger partial charge in [-0.3, -0.25) is 14.7 Å². The number of likely N-dealkylation sites (tertiary alicyclic amines) is 1. The van der Waals surface area contributed by atoms with Crippen molar-refractivity contribution >= 4 is 39.2 Å². The third kappa shape index (κ3) is 4.27. The lowest BCUT2D eigenvalue weighted by Gasteiger charge is -2.23. The van der Waals surface area contributed by atoms with Gasteiger partial charge in [0.05, 0.1) is 29.0 Å². The SMILES string of the molecule is NC(=O)C1C(O)CCN1CCn1cnc2cnc(Nc3ncc(-c4ncccc4F)s3)cc21. The van der Waals surface area contributed by atoms with Crippen molar-refractivity contribution < 1.29 is 14.3 Å². The molecule has 170 valence electrons. The van der Waals surface area contributed by atoms with Crippen LogP contribution in [0.1, 0.15) is 6.42 Å². The number of carbonyl (C=O) groups is 1. The van der Waals surface area contributed by atoms with Gasteiger partial charge in [-0.2, -0.15) is 0 Å². The number of hydrogen-bond donors (Lipinski definition) is 3. The maximum absolute atomic E-state index is 14.0. The number of aliphatic hydroxyl groups excluding tert-OH is 1. The first-order chi connectivity index (χ1) is 16.0. The van der Waals surface area contributed by atoms with Crippen LogP contribution in [0.25, 0.3) is 21.6 Å². The number of primary amides is 1. The number of aliphatic hydroxyl groups is 1. The number of halogens is 1. The molecule has 33 heavy (non-hydrogen) atoms. The number of thiazole rings is 1. The lowest BCUT2D eigenvalue weighted by atomic mass is 10.1. The molecule has 4 aromatic heterocycles. The summed E-state index contributed by atoms with van der Waals surface area (Å²) in [6.07, 6.45) is 6.27. The molecule has 1 fully saturated rings. The molecule has 10 nitrogen and oxygen atoms in total. The number of imidazole rings is 1. The lowest BCUT2D eigenvalue weighted by molar-refractivity contribution is -0.124. The molecule has 4 aromatic rings. The number of amides is 1. The fourth-order valence-corrected chi connectivity index (χ4v) is 4.84. The van der Waals surface area contributed by atoms with Crippen LogP contribution < -0.4 is 11.1 Å². The molecule has 1 saturated heterocycles. The Kier molecular flexibility index (Phi) is 5.70. The summed E-state index contributed by atoms with van der Waals surface area (Å²) >= 11 is 1.28. The van der Waals surface area contributed by atoms with E-state index in [0.29, 0.717) is 41.9 Å². The van der Waals surface area contributed by atoms with Gasteiger partial charge in [-0.1, -0.05) is 11.3 Å². The monoisotopic (exact) mass is 468 g/mol. The molecule has 0 aromatic carbocycles. The maximum atomic E-state index is 14.0. The topological polar surface area (TPSA) is 135 Å². The second-order valence-electron chi connectivity index (χ2n) is 7.72. The minimum atomic E-state index is -0.732. The summed E-state index contributed by atoms with van der Waals surface area (Å²) in [6.45, 7) is 1.72. The third-order valence-electron chi connectivity index (χ3n) is 5.63. The second-order valence-corrected chi connectivity index (χ2v) is 8.75. The quantitative estimate of drug-likeness (QED) is 0.373. The van der Waals surface area contributed by atoms with Gasteiger partial charge in [-0.05, 0) is 18.6 Å². The van der Waals surface area contributed by atoms with Crippen LogP contribution >= 0.6 is 11.3 Å². The van der Waals surface area contributed by atoms with Crippen LogP contribution in [-0.2, 0) is 11.3 Å². The van der Waals surface area contributed by atoms with Crippen molar-refractivity contribution in [1.82, 2.24) is 29.4 Å². The van der Waals surface area contributed by atoms with Crippen LogP contribution in [0.2, 0.25) is 0 Å². The van der Waals surface area contributed by atoms with Crippen LogP contribution in [0.4, 0.5) is 15.3 Å². The van der Waals surface area contributed by atoms with Gasteiger partial charge in [-0.25, -0.2) is 19.3 Å². The smallest absolute Gasteiger partial charge is 0.237 e. The lowest BCUT2D eigenvalue weighted by Crippen LogP contribution is -2.46. The van der Waals surface area contributed by atoms with Crippen LogP contribution in [0.5, 0.6) is 0 Å². The second kappa shape index (κ2) is 8.81. The molecule has 0 saturated carbocycles. The van der Waals surface area contributed by atoms with Crippen molar-refractivity contribution in [2.24, 2.45) is 5.73 Å². The highest BCUT2D eigenvalue weighted by atomic mass is 32.1. The fourth-order valence-electron chi connectivity index (χ4n) is 4.02. The maximum Gasteiger partial charge on any atom is 0.237 e. The summed E-state index contributed by atoms with van der Waals surface area (Å²) in [7, 11) is 0. The van der Waals surface area contributed by atoms with E-state index in [1.807, 2.05) is 15.5 Å². The van der Waals surface area contributed by atoms with E-state index < -0.39 is 23.9 Å². The summed E-state index contributed by atoms with van der Waals surface area (Å²) in [5.41, 5.74) is 7.29. The van der Waals surface area contributed by atoms with Crippen molar-refractivity contribution in [1.29, 1.82) is 0 Å². The van der Waals surface area contributed by atoms with E-state index in [2.05, 4.69) is 25.3 Å². The highest BCUT2D eigenvalue weighted by Crippen LogP contribution is 2.31. The molecule has 2 unspecified atom stereocenters. The molecule has 0 aliphatic carbocycles. The van der Waals surface area contributed by atoms with E-state index in [1.54, 1.807) is 24.8 Å². The molecule has 0 spiro atoms. The summed E-state index contributed by atoms with van der Waals surface area (Å²) in [5.74, 6) is -0.349. The molecular weight excluding hydrogens is 447 g/mol. The first kappa shape index (κ1) is 21.4. The molecular formula is C21H21FN8O2S. The number of anilines is 2. The van der Waals surface area contributed by atoms with Crippen molar-refractivity contribution in [3.05, 3.63) is 48.9 Å². The Balaban J connectivity index is 1.32. The molecule has 2 atom stereocenters. The summed E-state index contributed by atoms with van der Waals surface area (Å²) in [6, 6.07) is 4.10.